The monoisotopic (exact) mass is 182 g/mol. The normalized spacial score (nSPS) is 32.7. The summed E-state index contributed by atoms with van der Waals surface area (Å²) in [6.07, 6.45) is 2.01. The van der Waals surface area contributed by atoms with Gasteiger partial charge in [0.05, 0.1) is 11.4 Å². The zero-order valence-electron chi connectivity index (χ0n) is 4.93. The summed E-state index contributed by atoms with van der Waals surface area (Å²) in [7, 11) is 0. The molecule has 1 heterocycles. The molecule has 9 heavy (non-hydrogen) atoms. The summed E-state index contributed by atoms with van der Waals surface area (Å²) >= 11 is 8.97. The van der Waals surface area contributed by atoms with Crippen LogP contribution in [0.25, 0.3) is 0 Å². The van der Waals surface area contributed by atoms with Crippen LogP contribution >= 0.6 is 35.1 Å². The fourth-order valence-electron chi connectivity index (χ4n) is 0.472. The maximum atomic E-state index is 5.68. The topological polar surface area (TPSA) is 24.4 Å². The first-order valence-electron chi connectivity index (χ1n) is 2.40. The lowest BCUT2D eigenvalue weighted by molar-refractivity contribution is 0.715. The Hall–Kier alpha value is 0.460. The molecule has 0 bridgehead atoms. The van der Waals surface area contributed by atoms with E-state index in [4.69, 9.17) is 11.6 Å². The molecule has 52 valence electrons. The summed E-state index contributed by atoms with van der Waals surface area (Å²) in [5.74, 6) is 0.568. The third-order valence-corrected chi connectivity index (χ3v) is 4.27. The van der Waals surface area contributed by atoms with Gasteiger partial charge in [0.25, 0.3) is 0 Å². The minimum Gasteiger partial charge on any atom is -0.282 e. The van der Waals surface area contributed by atoms with Gasteiger partial charge >= 0.3 is 0 Å². The van der Waals surface area contributed by atoms with Gasteiger partial charge in [0.15, 0.2) is 4.20 Å². The highest BCUT2D eigenvalue weighted by Crippen LogP contribution is 2.35. The van der Waals surface area contributed by atoms with Gasteiger partial charge in [0.1, 0.15) is 0 Å². The first-order valence-corrected chi connectivity index (χ1v) is 5.04. The summed E-state index contributed by atoms with van der Waals surface area (Å²) in [5, 5.41) is 3.86. The molecule has 5 heteroatoms. The zero-order valence-corrected chi connectivity index (χ0v) is 7.32. The quantitative estimate of drug-likeness (QED) is 0.656. The van der Waals surface area contributed by atoms with Crippen molar-refractivity contribution in [3.63, 3.8) is 0 Å². The Balaban J connectivity index is 2.50. The fourth-order valence-corrected chi connectivity index (χ4v) is 2.26. The number of thioether (sulfide) groups is 2. The van der Waals surface area contributed by atoms with Crippen LogP contribution in [0.2, 0.25) is 0 Å². The van der Waals surface area contributed by atoms with E-state index < -0.39 is 0 Å². The Morgan fingerprint density at radius 2 is 2.78 bits per heavy atom. The van der Waals surface area contributed by atoms with Crippen molar-refractivity contribution in [2.75, 3.05) is 12.1 Å². The largest absolute Gasteiger partial charge is 0.282 e. The summed E-state index contributed by atoms with van der Waals surface area (Å²) in [4.78, 5) is 0. The molecule has 0 fully saturated rings. The lowest BCUT2D eigenvalue weighted by Gasteiger charge is -2.21. The van der Waals surface area contributed by atoms with Gasteiger partial charge < -0.3 is 0 Å². The van der Waals surface area contributed by atoms with Crippen molar-refractivity contribution >= 4 is 40.7 Å². The van der Waals surface area contributed by atoms with Crippen molar-refractivity contribution < 1.29 is 0 Å². The number of hydrazone groups is 1. The van der Waals surface area contributed by atoms with Gasteiger partial charge in [-0.25, -0.2) is 0 Å². The predicted molar refractivity (Wildman–Crippen MR) is 46.2 cm³/mol. The first-order chi connectivity index (χ1) is 4.33. The third-order valence-electron chi connectivity index (χ3n) is 1.04. The predicted octanol–water partition coefficient (Wildman–Crippen LogP) is 1.52. The molecule has 1 aliphatic heterocycles. The Bertz CT molecular complexity index is 114. The molecule has 0 radical (unpaired) electrons. The van der Waals surface area contributed by atoms with Gasteiger partial charge in [-0.3, -0.25) is 5.43 Å². The molecule has 1 rings (SSSR count). The summed E-state index contributed by atoms with van der Waals surface area (Å²) in [5.41, 5.74) is 4.71. The number of alkyl halides is 1. The minimum atomic E-state index is -0.0957. The smallest absolute Gasteiger partial charge is 0.164 e. The van der Waals surface area contributed by atoms with Crippen molar-refractivity contribution in [2.24, 2.45) is 5.10 Å². The average Bonchev–Trinajstić information content (AvgIpc) is 2.36. The van der Waals surface area contributed by atoms with E-state index in [-0.39, 0.29) is 4.20 Å². The zero-order chi connectivity index (χ0) is 6.74. The minimum absolute atomic E-state index is 0.0957. The van der Waals surface area contributed by atoms with Gasteiger partial charge in [0, 0.05) is 0 Å². The van der Waals surface area contributed by atoms with E-state index in [0.29, 0.717) is 5.88 Å². The van der Waals surface area contributed by atoms with Gasteiger partial charge in [-0.2, -0.15) is 5.10 Å². The van der Waals surface area contributed by atoms with Crippen molar-refractivity contribution in [1.82, 2.24) is 5.43 Å². The number of hydrogen-bond donors (Lipinski definition) is 1. The highest BCUT2D eigenvalue weighted by Gasteiger charge is 2.30. The third kappa shape index (κ3) is 1.48. The number of halogens is 1. The molecule has 0 amide bonds. The lowest BCUT2D eigenvalue weighted by atomic mass is 10.8. The summed E-state index contributed by atoms with van der Waals surface area (Å²) in [6.45, 7) is 0. The van der Waals surface area contributed by atoms with E-state index in [1.807, 2.05) is 6.26 Å². The average molecular weight is 183 g/mol. The molecule has 0 aromatic rings. The van der Waals surface area contributed by atoms with Crippen LogP contribution in [0.15, 0.2) is 5.10 Å². The van der Waals surface area contributed by atoms with Crippen LogP contribution in [0.4, 0.5) is 0 Å². The van der Waals surface area contributed by atoms with Crippen molar-refractivity contribution in [3.05, 3.63) is 0 Å². The summed E-state index contributed by atoms with van der Waals surface area (Å²) in [6, 6.07) is 0. The van der Waals surface area contributed by atoms with Crippen LogP contribution in [0.1, 0.15) is 0 Å². The molecular weight excluding hydrogens is 176 g/mol. The van der Waals surface area contributed by atoms with E-state index in [1.54, 1.807) is 29.1 Å². The molecule has 1 unspecified atom stereocenters. The molecular formula is C4H7ClN2S2. The molecule has 0 spiro atoms. The van der Waals surface area contributed by atoms with Crippen LogP contribution < -0.4 is 5.43 Å². The maximum absolute atomic E-state index is 5.68. The van der Waals surface area contributed by atoms with Gasteiger partial charge in [0.2, 0.25) is 0 Å². The molecule has 0 saturated heterocycles. The van der Waals surface area contributed by atoms with E-state index in [9.17, 15) is 0 Å². The molecule has 2 nitrogen and oxygen atoms in total. The highest BCUT2D eigenvalue weighted by molar-refractivity contribution is 8.25. The Labute approximate surface area is 67.8 Å². The SMILES string of the molecule is CSC1(CCl)NN=CS1. The molecule has 1 atom stereocenters. The van der Waals surface area contributed by atoms with Crippen LogP contribution in [0, 0.1) is 0 Å². The second-order valence-corrected chi connectivity index (χ2v) is 4.33. The molecule has 0 saturated carbocycles. The van der Waals surface area contributed by atoms with Crippen LogP contribution in [0.5, 0.6) is 0 Å². The molecule has 0 aromatic heterocycles. The standard InChI is InChI=1S/C4H7ClN2S2/c1-8-4(2-5)7-6-3-9-4/h3,7H,2H2,1H3. The maximum Gasteiger partial charge on any atom is 0.164 e. The number of nitrogens with zero attached hydrogens (tertiary/aromatic N) is 1. The second-order valence-electron chi connectivity index (χ2n) is 1.55. The Kier molecular flexibility index (Phi) is 2.55. The van der Waals surface area contributed by atoms with Gasteiger partial charge in [-0.05, 0) is 6.26 Å². The fraction of sp³-hybridized carbons (Fsp3) is 0.750. The summed E-state index contributed by atoms with van der Waals surface area (Å²) < 4.78 is -0.0957. The number of hydrogen-bond acceptors (Lipinski definition) is 4. The first kappa shape index (κ1) is 7.57. The van der Waals surface area contributed by atoms with E-state index >= 15 is 0 Å². The van der Waals surface area contributed by atoms with E-state index in [1.165, 1.54) is 0 Å². The van der Waals surface area contributed by atoms with Gasteiger partial charge in [-0.1, -0.05) is 11.8 Å². The highest BCUT2D eigenvalue weighted by atomic mass is 35.5. The number of rotatable bonds is 2. The second kappa shape index (κ2) is 3.03. The van der Waals surface area contributed by atoms with Crippen molar-refractivity contribution in [1.29, 1.82) is 0 Å². The molecule has 1 aliphatic rings. The van der Waals surface area contributed by atoms with Crippen LogP contribution in [-0.2, 0) is 0 Å². The van der Waals surface area contributed by atoms with E-state index in [0.717, 1.165) is 0 Å². The van der Waals surface area contributed by atoms with Crippen LogP contribution in [0.3, 0.4) is 0 Å². The van der Waals surface area contributed by atoms with Crippen molar-refractivity contribution in [2.45, 2.75) is 4.20 Å². The Morgan fingerprint density at radius 1 is 2.00 bits per heavy atom. The Morgan fingerprint density at radius 3 is 3.00 bits per heavy atom. The van der Waals surface area contributed by atoms with Gasteiger partial charge in [-0.15, -0.1) is 23.4 Å². The lowest BCUT2D eigenvalue weighted by Crippen LogP contribution is -2.33. The van der Waals surface area contributed by atoms with E-state index in [2.05, 4.69) is 10.5 Å². The molecule has 1 N–H and O–H groups in total. The molecule has 0 aliphatic carbocycles. The van der Waals surface area contributed by atoms with Crippen LogP contribution in [-0.4, -0.2) is 21.9 Å². The number of nitrogens with one attached hydrogen (secondary N) is 1. The molecule has 0 aromatic carbocycles. The van der Waals surface area contributed by atoms with Crippen molar-refractivity contribution in [3.8, 4) is 0 Å².